The van der Waals surface area contributed by atoms with Crippen molar-refractivity contribution in [3.8, 4) is 0 Å². The first-order valence-corrected chi connectivity index (χ1v) is 5.44. The van der Waals surface area contributed by atoms with Gasteiger partial charge < -0.3 is 9.90 Å². The summed E-state index contributed by atoms with van der Waals surface area (Å²) in [7, 11) is 0. The van der Waals surface area contributed by atoms with E-state index >= 15 is 0 Å². The number of imide groups is 1. The van der Waals surface area contributed by atoms with Crippen molar-refractivity contribution in [1.82, 2.24) is 5.32 Å². The van der Waals surface area contributed by atoms with Gasteiger partial charge in [-0.15, -0.1) is 0 Å². The molecule has 0 bridgehead atoms. The predicted molar refractivity (Wildman–Crippen MR) is 59.9 cm³/mol. The molecular formula is C11H6NO4S-. The van der Waals surface area contributed by atoms with Crippen LogP contribution in [0.25, 0.3) is 6.08 Å². The van der Waals surface area contributed by atoms with Crippen molar-refractivity contribution in [1.29, 1.82) is 0 Å². The number of hydrogen-bond donors (Lipinski definition) is 1. The SMILES string of the molecule is O=C1NC(=O)/C(=C/c2ccc(C(=O)[O-])cc2)S1. The minimum atomic E-state index is -1.26. The Hall–Kier alpha value is -2.08. The van der Waals surface area contributed by atoms with Gasteiger partial charge in [0, 0.05) is 0 Å². The fourth-order valence-electron chi connectivity index (χ4n) is 1.29. The Kier molecular flexibility index (Phi) is 2.97. The summed E-state index contributed by atoms with van der Waals surface area (Å²) in [5.41, 5.74) is 0.703. The number of carboxylic acid groups (broad SMARTS) is 1. The Bertz CT molecular complexity index is 533. The summed E-state index contributed by atoms with van der Waals surface area (Å²) in [5, 5.41) is 12.2. The first-order chi connectivity index (χ1) is 8.06. The molecule has 1 saturated heterocycles. The quantitative estimate of drug-likeness (QED) is 0.764. The standard InChI is InChI=1S/C11H7NO4S/c13-9-8(17-11(16)12-9)5-6-1-3-7(4-2-6)10(14)15/h1-5H,(H,14,15)(H,12,13,16)/p-1/b8-5-. The maximum atomic E-state index is 11.2. The lowest BCUT2D eigenvalue weighted by Crippen LogP contribution is -2.21. The molecule has 1 N–H and O–H groups in total. The summed E-state index contributed by atoms with van der Waals surface area (Å²) < 4.78 is 0. The van der Waals surface area contributed by atoms with Gasteiger partial charge in [0.2, 0.25) is 0 Å². The molecule has 0 radical (unpaired) electrons. The van der Waals surface area contributed by atoms with Crippen LogP contribution in [0, 0.1) is 0 Å². The smallest absolute Gasteiger partial charge is 0.290 e. The van der Waals surface area contributed by atoms with Crippen LogP contribution in [0.2, 0.25) is 0 Å². The highest BCUT2D eigenvalue weighted by molar-refractivity contribution is 8.18. The second-order valence-electron chi connectivity index (χ2n) is 3.26. The molecule has 0 atom stereocenters. The van der Waals surface area contributed by atoms with E-state index in [1.165, 1.54) is 30.3 Å². The number of rotatable bonds is 2. The third kappa shape index (κ3) is 2.54. The average Bonchev–Trinajstić information content (AvgIpc) is 2.58. The van der Waals surface area contributed by atoms with Crippen LogP contribution in [0.15, 0.2) is 29.2 Å². The number of hydrogen-bond acceptors (Lipinski definition) is 5. The van der Waals surface area contributed by atoms with Gasteiger partial charge in [-0.3, -0.25) is 14.9 Å². The highest BCUT2D eigenvalue weighted by Crippen LogP contribution is 2.25. The van der Waals surface area contributed by atoms with E-state index in [0.717, 1.165) is 11.8 Å². The van der Waals surface area contributed by atoms with E-state index in [1.54, 1.807) is 0 Å². The minimum absolute atomic E-state index is 0.0618. The Labute approximate surface area is 101 Å². The van der Waals surface area contributed by atoms with Gasteiger partial charge in [0.15, 0.2) is 0 Å². The molecule has 1 aliphatic heterocycles. The lowest BCUT2D eigenvalue weighted by atomic mass is 10.1. The summed E-state index contributed by atoms with van der Waals surface area (Å²) in [6.07, 6.45) is 1.52. The predicted octanol–water partition coefficient (Wildman–Crippen LogP) is 0.374. The largest absolute Gasteiger partial charge is 0.545 e. The van der Waals surface area contributed by atoms with Crippen molar-refractivity contribution in [3.05, 3.63) is 40.3 Å². The van der Waals surface area contributed by atoms with Gasteiger partial charge >= 0.3 is 0 Å². The molecule has 0 unspecified atom stereocenters. The van der Waals surface area contributed by atoms with Gasteiger partial charge in [0.25, 0.3) is 11.1 Å². The summed E-state index contributed by atoms with van der Waals surface area (Å²) in [6, 6.07) is 5.83. The van der Waals surface area contributed by atoms with Crippen molar-refractivity contribution in [3.63, 3.8) is 0 Å². The zero-order valence-electron chi connectivity index (χ0n) is 8.43. The number of carbonyl (C=O) groups is 3. The van der Waals surface area contributed by atoms with Crippen LogP contribution < -0.4 is 10.4 Å². The molecule has 0 aromatic heterocycles. The zero-order chi connectivity index (χ0) is 12.4. The second kappa shape index (κ2) is 4.42. The molecule has 0 saturated carbocycles. The highest BCUT2D eigenvalue weighted by atomic mass is 32.2. The third-order valence-electron chi connectivity index (χ3n) is 2.09. The molecule has 1 heterocycles. The molecule has 17 heavy (non-hydrogen) atoms. The van der Waals surface area contributed by atoms with E-state index in [-0.39, 0.29) is 10.5 Å². The van der Waals surface area contributed by atoms with Crippen LogP contribution in [-0.4, -0.2) is 17.1 Å². The van der Waals surface area contributed by atoms with Crippen molar-refractivity contribution in [2.45, 2.75) is 0 Å². The van der Waals surface area contributed by atoms with E-state index in [1.807, 2.05) is 0 Å². The fraction of sp³-hybridized carbons (Fsp3) is 0. The van der Waals surface area contributed by atoms with Crippen molar-refractivity contribution in [2.24, 2.45) is 0 Å². The van der Waals surface area contributed by atoms with Crippen LogP contribution >= 0.6 is 11.8 Å². The van der Waals surface area contributed by atoms with E-state index in [0.29, 0.717) is 5.56 Å². The molecule has 0 aliphatic carbocycles. The Morgan fingerprint density at radius 3 is 2.35 bits per heavy atom. The van der Waals surface area contributed by atoms with Gasteiger partial charge in [-0.25, -0.2) is 0 Å². The lowest BCUT2D eigenvalue weighted by Gasteiger charge is -2.01. The van der Waals surface area contributed by atoms with Crippen LogP contribution in [-0.2, 0) is 4.79 Å². The summed E-state index contributed by atoms with van der Waals surface area (Å²) >= 11 is 0.812. The summed E-state index contributed by atoms with van der Waals surface area (Å²) in [4.78, 5) is 32.9. The van der Waals surface area contributed by atoms with E-state index in [2.05, 4.69) is 5.32 Å². The molecule has 2 amide bonds. The Morgan fingerprint density at radius 1 is 1.24 bits per heavy atom. The van der Waals surface area contributed by atoms with Gasteiger partial charge in [-0.1, -0.05) is 24.3 Å². The van der Waals surface area contributed by atoms with Gasteiger partial charge in [0.05, 0.1) is 10.9 Å². The molecule has 1 aromatic carbocycles. The molecule has 86 valence electrons. The molecule has 2 rings (SSSR count). The van der Waals surface area contributed by atoms with E-state index < -0.39 is 17.1 Å². The minimum Gasteiger partial charge on any atom is -0.545 e. The maximum absolute atomic E-state index is 11.2. The number of nitrogens with one attached hydrogen (secondary N) is 1. The normalized spacial score (nSPS) is 17.3. The van der Waals surface area contributed by atoms with Crippen molar-refractivity contribution in [2.75, 3.05) is 0 Å². The number of carbonyl (C=O) groups excluding carboxylic acids is 3. The highest BCUT2D eigenvalue weighted by Gasteiger charge is 2.24. The molecule has 0 spiro atoms. The van der Waals surface area contributed by atoms with Gasteiger partial charge in [0.1, 0.15) is 0 Å². The number of amides is 2. The summed E-state index contributed by atoms with van der Waals surface area (Å²) in [6.45, 7) is 0. The average molecular weight is 248 g/mol. The molecular weight excluding hydrogens is 242 g/mol. The molecule has 5 nitrogen and oxygen atoms in total. The Balaban J connectivity index is 2.24. The number of benzene rings is 1. The van der Waals surface area contributed by atoms with Crippen LogP contribution in [0.1, 0.15) is 15.9 Å². The molecule has 1 aromatic rings. The second-order valence-corrected chi connectivity index (χ2v) is 4.28. The number of carboxylic acids is 1. The third-order valence-corrected chi connectivity index (χ3v) is 2.90. The monoisotopic (exact) mass is 248 g/mol. The van der Waals surface area contributed by atoms with Crippen LogP contribution in [0.3, 0.4) is 0 Å². The topological polar surface area (TPSA) is 86.3 Å². The van der Waals surface area contributed by atoms with Crippen LogP contribution in [0.5, 0.6) is 0 Å². The molecule has 1 fully saturated rings. The van der Waals surface area contributed by atoms with Crippen molar-refractivity contribution < 1.29 is 19.5 Å². The van der Waals surface area contributed by atoms with E-state index in [9.17, 15) is 19.5 Å². The maximum Gasteiger partial charge on any atom is 0.290 e. The first kappa shape index (κ1) is 11.4. The Morgan fingerprint density at radius 2 is 1.88 bits per heavy atom. The number of thioether (sulfide) groups is 1. The molecule has 6 heteroatoms. The van der Waals surface area contributed by atoms with Gasteiger partial charge in [-0.05, 0) is 29.0 Å². The molecule has 1 aliphatic rings. The van der Waals surface area contributed by atoms with Gasteiger partial charge in [-0.2, -0.15) is 0 Å². The summed E-state index contributed by atoms with van der Waals surface area (Å²) in [5.74, 6) is -1.70. The first-order valence-electron chi connectivity index (χ1n) is 4.62. The fourth-order valence-corrected chi connectivity index (χ4v) is 1.97. The van der Waals surface area contributed by atoms with E-state index in [4.69, 9.17) is 0 Å². The lowest BCUT2D eigenvalue weighted by molar-refractivity contribution is -0.255. The zero-order valence-corrected chi connectivity index (χ0v) is 9.24. The van der Waals surface area contributed by atoms with Crippen molar-refractivity contribution >= 4 is 35.0 Å². The number of aromatic carboxylic acids is 1. The van der Waals surface area contributed by atoms with Crippen LogP contribution in [0.4, 0.5) is 4.79 Å².